The van der Waals surface area contributed by atoms with Gasteiger partial charge in [-0.25, -0.2) is 3.63 Å². The molecule has 0 radical (unpaired) electrons. The Bertz CT molecular complexity index is 1130. The van der Waals surface area contributed by atoms with E-state index >= 15 is 0 Å². The molecule has 4 aromatic carbocycles. The summed E-state index contributed by atoms with van der Waals surface area (Å²) < 4.78 is 33.2. The molecule has 0 N–H and O–H groups in total. The van der Waals surface area contributed by atoms with Crippen molar-refractivity contribution in [3.8, 4) is 0 Å². The van der Waals surface area contributed by atoms with Crippen LogP contribution in [-0.4, -0.2) is 8.42 Å². The molecular formula is C24H19ClO3S2. The zero-order chi connectivity index (χ0) is 21.0. The van der Waals surface area contributed by atoms with Crippen molar-refractivity contribution in [3.05, 3.63) is 120 Å². The Hall–Kier alpha value is -2.57. The maximum atomic E-state index is 13.5. The Balaban J connectivity index is 2.02. The molecule has 3 nitrogen and oxygen atoms in total. The minimum absolute atomic E-state index is 0.0497. The lowest BCUT2D eigenvalue weighted by atomic mass is 10.4. The molecule has 0 aromatic heterocycles. The third-order valence-corrected chi connectivity index (χ3v) is 10.2. The molecular weight excluding hydrogens is 436 g/mol. The minimum Gasteiger partial charge on any atom is -0.203 e. The number of rotatable bonds is 6. The average Bonchev–Trinajstić information content (AvgIpc) is 2.79. The summed E-state index contributed by atoms with van der Waals surface area (Å²) in [6, 6.07) is 34.7. The van der Waals surface area contributed by atoms with Gasteiger partial charge in [0.05, 0.1) is 5.02 Å². The summed E-state index contributed by atoms with van der Waals surface area (Å²) in [5, 5.41) is 0.125. The lowest BCUT2D eigenvalue weighted by Gasteiger charge is -2.39. The third-order valence-electron chi connectivity index (χ3n) is 4.52. The van der Waals surface area contributed by atoms with E-state index in [0.29, 0.717) is 0 Å². The molecule has 6 heteroatoms. The first-order valence-electron chi connectivity index (χ1n) is 9.23. The van der Waals surface area contributed by atoms with Crippen LogP contribution in [0.3, 0.4) is 0 Å². The molecule has 0 spiro atoms. The van der Waals surface area contributed by atoms with Gasteiger partial charge >= 0.3 is 10.1 Å². The summed E-state index contributed by atoms with van der Waals surface area (Å²) in [4.78, 5) is 2.28. The van der Waals surface area contributed by atoms with Crippen LogP contribution in [0, 0.1) is 0 Å². The fourth-order valence-electron chi connectivity index (χ4n) is 3.18. The van der Waals surface area contributed by atoms with E-state index in [1.807, 2.05) is 91.0 Å². The van der Waals surface area contributed by atoms with Crippen molar-refractivity contribution in [2.24, 2.45) is 0 Å². The van der Waals surface area contributed by atoms with E-state index in [0.717, 1.165) is 14.7 Å². The second-order valence-electron chi connectivity index (χ2n) is 6.45. The molecule has 0 heterocycles. The van der Waals surface area contributed by atoms with Crippen molar-refractivity contribution in [2.75, 3.05) is 0 Å². The molecule has 0 unspecified atom stereocenters. The van der Waals surface area contributed by atoms with E-state index in [1.54, 1.807) is 18.2 Å². The van der Waals surface area contributed by atoms with Crippen LogP contribution < -0.4 is 0 Å². The third kappa shape index (κ3) is 3.89. The lowest BCUT2D eigenvalue weighted by molar-refractivity contribution is 0.508. The molecule has 152 valence electrons. The lowest BCUT2D eigenvalue weighted by Crippen LogP contribution is -2.14. The van der Waals surface area contributed by atoms with Crippen molar-refractivity contribution in [1.82, 2.24) is 0 Å². The highest BCUT2D eigenvalue weighted by Crippen LogP contribution is 2.70. The Labute approximate surface area is 183 Å². The van der Waals surface area contributed by atoms with E-state index in [-0.39, 0.29) is 9.92 Å². The van der Waals surface area contributed by atoms with Crippen molar-refractivity contribution in [3.63, 3.8) is 0 Å². The number of halogens is 1. The second-order valence-corrected chi connectivity index (χ2v) is 11.3. The second kappa shape index (κ2) is 8.66. The van der Waals surface area contributed by atoms with Crippen molar-refractivity contribution >= 4 is 32.0 Å². The quantitative estimate of drug-likeness (QED) is 0.317. The largest absolute Gasteiger partial charge is 0.308 e. The predicted octanol–water partition coefficient (Wildman–Crippen LogP) is 6.94. The van der Waals surface area contributed by atoms with Crippen LogP contribution in [0.5, 0.6) is 0 Å². The predicted molar refractivity (Wildman–Crippen MR) is 121 cm³/mol. The fraction of sp³-hybridized carbons (Fsp3) is 0. The van der Waals surface area contributed by atoms with Crippen molar-refractivity contribution in [1.29, 1.82) is 0 Å². The summed E-state index contributed by atoms with van der Waals surface area (Å²) >= 11 is 6.23. The number of benzene rings is 4. The van der Waals surface area contributed by atoms with Crippen molar-refractivity contribution < 1.29 is 12.0 Å². The highest BCUT2D eigenvalue weighted by molar-refractivity contribution is 8.33. The number of hydrogen-bond donors (Lipinski definition) is 0. The van der Waals surface area contributed by atoms with Gasteiger partial charge in [-0.05, 0) is 58.8 Å². The molecule has 0 aliphatic rings. The highest BCUT2D eigenvalue weighted by atomic mass is 35.5. The molecule has 0 saturated heterocycles. The van der Waals surface area contributed by atoms with Gasteiger partial charge in [0.25, 0.3) is 0 Å². The van der Waals surface area contributed by atoms with E-state index in [2.05, 4.69) is 0 Å². The zero-order valence-corrected chi connectivity index (χ0v) is 18.3. The van der Waals surface area contributed by atoms with Crippen LogP contribution in [0.1, 0.15) is 0 Å². The van der Waals surface area contributed by atoms with Gasteiger partial charge in [-0.15, -0.1) is 0 Å². The van der Waals surface area contributed by atoms with Gasteiger partial charge in [-0.1, -0.05) is 78.3 Å². The molecule has 0 bridgehead atoms. The van der Waals surface area contributed by atoms with Crippen LogP contribution in [0.15, 0.2) is 135 Å². The Morgan fingerprint density at radius 2 is 0.900 bits per heavy atom. The summed E-state index contributed by atoms with van der Waals surface area (Å²) in [5.74, 6) is 0. The van der Waals surface area contributed by atoms with Gasteiger partial charge in [-0.2, -0.15) is 8.42 Å². The summed E-state index contributed by atoms with van der Waals surface area (Å²) in [6.07, 6.45) is 0. The van der Waals surface area contributed by atoms with E-state index in [9.17, 15) is 8.42 Å². The van der Waals surface area contributed by atoms with Crippen LogP contribution in [0.25, 0.3) is 0 Å². The molecule has 0 fully saturated rings. The Kier molecular flexibility index (Phi) is 5.97. The van der Waals surface area contributed by atoms with Crippen LogP contribution in [0.4, 0.5) is 0 Å². The number of hydrogen-bond acceptors (Lipinski definition) is 3. The molecule has 0 atom stereocenters. The normalized spacial score (nSPS) is 12.4. The minimum atomic E-state index is -4.19. The molecule has 4 aromatic rings. The monoisotopic (exact) mass is 454 g/mol. The van der Waals surface area contributed by atoms with Crippen LogP contribution in [0.2, 0.25) is 5.02 Å². The first-order valence-corrected chi connectivity index (χ1v) is 12.6. The topological polar surface area (TPSA) is 43.4 Å². The van der Waals surface area contributed by atoms with E-state index in [1.165, 1.54) is 6.07 Å². The summed E-state index contributed by atoms with van der Waals surface area (Å²) in [6.45, 7) is 0. The molecule has 30 heavy (non-hydrogen) atoms. The van der Waals surface area contributed by atoms with E-state index < -0.39 is 20.4 Å². The summed E-state index contributed by atoms with van der Waals surface area (Å²) in [5.41, 5.74) is 0. The van der Waals surface area contributed by atoms with Gasteiger partial charge in [0.15, 0.2) is 0 Å². The Morgan fingerprint density at radius 1 is 0.533 bits per heavy atom. The van der Waals surface area contributed by atoms with Gasteiger partial charge in [-0.3, -0.25) is 0 Å². The SMILES string of the molecule is O=S(=O)(OS(c1ccccc1)(c1ccccc1)c1ccccc1)c1ccccc1Cl. The maximum Gasteiger partial charge on any atom is 0.308 e. The first-order chi connectivity index (χ1) is 14.5. The Morgan fingerprint density at radius 3 is 1.30 bits per heavy atom. The molecule has 0 aliphatic heterocycles. The van der Waals surface area contributed by atoms with Crippen LogP contribution in [-0.2, 0) is 13.7 Å². The van der Waals surface area contributed by atoms with Gasteiger partial charge in [0.2, 0.25) is 0 Å². The standard InChI is InChI=1S/C24H19ClO3S2/c25-23-18-10-11-19-24(23)30(26,27)28-29(20-12-4-1-5-13-20,21-14-6-2-7-15-21)22-16-8-3-9-17-22/h1-19H. The van der Waals surface area contributed by atoms with Gasteiger partial charge in [0.1, 0.15) is 4.90 Å². The highest BCUT2D eigenvalue weighted by Gasteiger charge is 2.38. The zero-order valence-electron chi connectivity index (χ0n) is 15.9. The fourth-order valence-corrected chi connectivity index (χ4v) is 8.90. The smallest absolute Gasteiger partial charge is 0.203 e. The summed E-state index contributed by atoms with van der Waals surface area (Å²) in [7, 11) is -6.79. The van der Waals surface area contributed by atoms with E-state index in [4.69, 9.17) is 15.2 Å². The molecule has 0 aliphatic carbocycles. The average molecular weight is 455 g/mol. The molecule has 0 saturated carbocycles. The molecule has 4 rings (SSSR count). The van der Waals surface area contributed by atoms with Gasteiger partial charge < -0.3 is 0 Å². The maximum absolute atomic E-state index is 13.5. The first kappa shape index (κ1) is 20.7. The molecule has 0 amide bonds. The van der Waals surface area contributed by atoms with Crippen molar-refractivity contribution in [2.45, 2.75) is 19.6 Å². The van der Waals surface area contributed by atoms with Gasteiger partial charge in [0, 0.05) is 14.7 Å². The van der Waals surface area contributed by atoms with Crippen LogP contribution >= 0.6 is 21.9 Å².